The standard InChI is InChI=1S/C12H22N2O2/c1-3-9(4-2)12(16)14-7-5-10(6-8-14)11(13)15/h9-10H,3-8H2,1-2H3,(H2,13,15). The molecule has 0 aliphatic carbocycles. The Hall–Kier alpha value is -1.06. The molecule has 0 aromatic heterocycles. The number of amides is 2. The van der Waals surface area contributed by atoms with Crippen LogP contribution in [0.1, 0.15) is 39.5 Å². The van der Waals surface area contributed by atoms with Crippen LogP contribution in [0.25, 0.3) is 0 Å². The van der Waals surface area contributed by atoms with Crippen molar-refractivity contribution >= 4 is 11.8 Å². The third-order valence-electron chi connectivity index (χ3n) is 3.54. The van der Waals surface area contributed by atoms with Gasteiger partial charge in [-0.1, -0.05) is 13.8 Å². The average molecular weight is 226 g/mol. The van der Waals surface area contributed by atoms with Gasteiger partial charge in [-0.15, -0.1) is 0 Å². The van der Waals surface area contributed by atoms with Crippen LogP contribution in [0.2, 0.25) is 0 Å². The molecule has 1 heterocycles. The molecule has 0 aromatic carbocycles. The van der Waals surface area contributed by atoms with Gasteiger partial charge in [0.05, 0.1) is 0 Å². The highest BCUT2D eigenvalue weighted by molar-refractivity contribution is 5.80. The largest absolute Gasteiger partial charge is 0.369 e. The fourth-order valence-electron chi connectivity index (χ4n) is 2.28. The van der Waals surface area contributed by atoms with Gasteiger partial charge in [0, 0.05) is 24.9 Å². The quantitative estimate of drug-likeness (QED) is 0.781. The van der Waals surface area contributed by atoms with E-state index in [4.69, 9.17) is 5.73 Å². The molecule has 4 nitrogen and oxygen atoms in total. The maximum absolute atomic E-state index is 12.0. The van der Waals surface area contributed by atoms with Gasteiger partial charge in [-0.2, -0.15) is 0 Å². The van der Waals surface area contributed by atoms with Crippen molar-refractivity contribution in [3.05, 3.63) is 0 Å². The fraction of sp³-hybridized carbons (Fsp3) is 0.833. The van der Waals surface area contributed by atoms with E-state index in [-0.39, 0.29) is 23.7 Å². The highest BCUT2D eigenvalue weighted by Crippen LogP contribution is 2.20. The van der Waals surface area contributed by atoms with Gasteiger partial charge in [-0.05, 0) is 25.7 Å². The molecule has 0 aromatic rings. The van der Waals surface area contributed by atoms with E-state index < -0.39 is 0 Å². The van der Waals surface area contributed by atoms with Crippen molar-refractivity contribution in [2.75, 3.05) is 13.1 Å². The Kier molecular flexibility index (Phi) is 4.77. The van der Waals surface area contributed by atoms with Crippen LogP contribution in [0.3, 0.4) is 0 Å². The first-order valence-electron chi connectivity index (χ1n) is 6.18. The second-order valence-corrected chi connectivity index (χ2v) is 4.52. The van der Waals surface area contributed by atoms with Gasteiger partial charge in [0.1, 0.15) is 0 Å². The van der Waals surface area contributed by atoms with Gasteiger partial charge in [0.15, 0.2) is 0 Å². The minimum atomic E-state index is -0.227. The molecular formula is C12H22N2O2. The monoisotopic (exact) mass is 226 g/mol. The summed E-state index contributed by atoms with van der Waals surface area (Å²) in [5, 5.41) is 0. The van der Waals surface area contributed by atoms with Crippen molar-refractivity contribution in [3.8, 4) is 0 Å². The van der Waals surface area contributed by atoms with Crippen LogP contribution in [0, 0.1) is 11.8 Å². The van der Waals surface area contributed by atoms with Gasteiger partial charge in [0.25, 0.3) is 0 Å². The molecule has 0 spiro atoms. The molecule has 1 fully saturated rings. The lowest BCUT2D eigenvalue weighted by molar-refractivity contribution is -0.138. The van der Waals surface area contributed by atoms with E-state index in [2.05, 4.69) is 0 Å². The highest BCUT2D eigenvalue weighted by atomic mass is 16.2. The number of carbonyl (C=O) groups is 2. The number of carbonyl (C=O) groups excluding carboxylic acids is 2. The van der Waals surface area contributed by atoms with Gasteiger partial charge in [-0.25, -0.2) is 0 Å². The Bertz CT molecular complexity index is 254. The zero-order valence-electron chi connectivity index (χ0n) is 10.2. The Morgan fingerprint density at radius 1 is 1.25 bits per heavy atom. The van der Waals surface area contributed by atoms with Gasteiger partial charge < -0.3 is 10.6 Å². The SMILES string of the molecule is CCC(CC)C(=O)N1CCC(C(N)=O)CC1. The van der Waals surface area contributed by atoms with Crippen molar-refractivity contribution in [2.24, 2.45) is 17.6 Å². The number of primary amides is 1. The van der Waals surface area contributed by atoms with E-state index in [0.717, 1.165) is 25.7 Å². The van der Waals surface area contributed by atoms with Crippen molar-refractivity contribution in [1.29, 1.82) is 0 Å². The van der Waals surface area contributed by atoms with E-state index in [1.165, 1.54) is 0 Å². The predicted octanol–water partition coefficient (Wildman–Crippen LogP) is 1.15. The summed E-state index contributed by atoms with van der Waals surface area (Å²) in [6.45, 7) is 5.45. The first-order chi connectivity index (χ1) is 7.60. The Morgan fingerprint density at radius 3 is 2.12 bits per heavy atom. The molecule has 0 saturated carbocycles. The zero-order valence-corrected chi connectivity index (χ0v) is 10.2. The summed E-state index contributed by atoms with van der Waals surface area (Å²) in [6, 6.07) is 0. The summed E-state index contributed by atoms with van der Waals surface area (Å²) < 4.78 is 0. The van der Waals surface area contributed by atoms with Crippen LogP contribution < -0.4 is 5.73 Å². The lowest BCUT2D eigenvalue weighted by Gasteiger charge is -2.32. The molecule has 1 aliphatic rings. The van der Waals surface area contributed by atoms with E-state index in [1.807, 2.05) is 18.7 Å². The van der Waals surface area contributed by atoms with E-state index in [0.29, 0.717) is 13.1 Å². The van der Waals surface area contributed by atoms with Gasteiger partial charge >= 0.3 is 0 Å². The third-order valence-corrected chi connectivity index (χ3v) is 3.54. The van der Waals surface area contributed by atoms with Crippen molar-refractivity contribution in [3.63, 3.8) is 0 Å². The van der Waals surface area contributed by atoms with E-state index in [9.17, 15) is 9.59 Å². The lowest BCUT2D eigenvalue weighted by Crippen LogP contribution is -2.44. The number of nitrogens with zero attached hydrogens (tertiary/aromatic N) is 1. The third kappa shape index (κ3) is 2.97. The maximum atomic E-state index is 12.0. The molecule has 1 aliphatic heterocycles. The second-order valence-electron chi connectivity index (χ2n) is 4.52. The fourth-order valence-corrected chi connectivity index (χ4v) is 2.28. The first kappa shape index (κ1) is 13.0. The smallest absolute Gasteiger partial charge is 0.225 e. The van der Waals surface area contributed by atoms with E-state index >= 15 is 0 Å². The molecule has 16 heavy (non-hydrogen) atoms. The van der Waals surface area contributed by atoms with Crippen LogP contribution in [-0.4, -0.2) is 29.8 Å². The molecular weight excluding hydrogens is 204 g/mol. The van der Waals surface area contributed by atoms with Gasteiger partial charge in [0.2, 0.25) is 11.8 Å². The predicted molar refractivity (Wildman–Crippen MR) is 62.6 cm³/mol. The number of nitrogens with two attached hydrogens (primary N) is 1. The summed E-state index contributed by atoms with van der Waals surface area (Å²) in [5.41, 5.74) is 5.26. The number of hydrogen-bond acceptors (Lipinski definition) is 2. The summed E-state index contributed by atoms with van der Waals surface area (Å²) in [5.74, 6) is 0.124. The Morgan fingerprint density at radius 2 is 1.75 bits per heavy atom. The summed E-state index contributed by atoms with van der Waals surface area (Å²) >= 11 is 0. The number of likely N-dealkylation sites (tertiary alicyclic amines) is 1. The molecule has 2 amide bonds. The number of rotatable bonds is 4. The molecule has 1 rings (SSSR count). The summed E-state index contributed by atoms with van der Waals surface area (Å²) in [7, 11) is 0. The lowest BCUT2D eigenvalue weighted by atomic mass is 9.94. The topological polar surface area (TPSA) is 63.4 Å². The minimum absolute atomic E-state index is 0.0363. The second kappa shape index (κ2) is 5.87. The van der Waals surface area contributed by atoms with Crippen molar-refractivity contribution in [1.82, 2.24) is 4.90 Å². The van der Waals surface area contributed by atoms with Crippen molar-refractivity contribution < 1.29 is 9.59 Å². The van der Waals surface area contributed by atoms with Crippen LogP contribution >= 0.6 is 0 Å². The molecule has 2 N–H and O–H groups in total. The molecule has 1 saturated heterocycles. The zero-order chi connectivity index (χ0) is 12.1. The molecule has 0 atom stereocenters. The molecule has 0 bridgehead atoms. The Labute approximate surface area is 97.2 Å². The van der Waals surface area contributed by atoms with Crippen molar-refractivity contribution in [2.45, 2.75) is 39.5 Å². The molecule has 0 unspecified atom stereocenters. The molecule has 0 radical (unpaired) electrons. The minimum Gasteiger partial charge on any atom is -0.369 e. The summed E-state index contributed by atoms with van der Waals surface area (Å²) in [6.07, 6.45) is 3.23. The van der Waals surface area contributed by atoms with Crippen LogP contribution in [0.15, 0.2) is 0 Å². The first-order valence-corrected chi connectivity index (χ1v) is 6.18. The Balaban J connectivity index is 2.47. The van der Waals surface area contributed by atoms with Crippen LogP contribution in [0.5, 0.6) is 0 Å². The summed E-state index contributed by atoms with van der Waals surface area (Å²) in [4.78, 5) is 24.9. The highest BCUT2D eigenvalue weighted by Gasteiger charge is 2.28. The van der Waals surface area contributed by atoms with Gasteiger partial charge in [-0.3, -0.25) is 9.59 Å². The van der Waals surface area contributed by atoms with Crippen LogP contribution in [0.4, 0.5) is 0 Å². The number of hydrogen-bond donors (Lipinski definition) is 1. The number of piperidine rings is 1. The maximum Gasteiger partial charge on any atom is 0.225 e. The van der Waals surface area contributed by atoms with E-state index in [1.54, 1.807) is 0 Å². The average Bonchev–Trinajstić information content (AvgIpc) is 2.30. The normalized spacial score (nSPS) is 17.8. The van der Waals surface area contributed by atoms with Crippen LogP contribution in [-0.2, 0) is 9.59 Å². The molecule has 4 heteroatoms. The molecule has 92 valence electrons.